The van der Waals surface area contributed by atoms with E-state index >= 15 is 0 Å². The fourth-order valence-electron chi connectivity index (χ4n) is 1.72. The predicted molar refractivity (Wildman–Crippen MR) is 73.3 cm³/mol. The van der Waals surface area contributed by atoms with Crippen molar-refractivity contribution in [2.75, 3.05) is 0 Å². The molecule has 0 fully saturated rings. The number of ketones is 1. The molecule has 0 unspecified atom stereocenters. The number of carboxylic acids is 1. The molecule has 0 radical (unpaired) electrons. The Morgan fingerprint density at radius 3 is 1.89 bits per heavy atom. The van der Waals surface area contributed by atoms with E-state index in [1.807, 2.05) is 0 Å². The van der Waals surface area contributed by atoms with Crippen molar-refractivity contribution in [2.24, 2.45) is 0 Å². The van der Waals surface area contributed by atoms with E-state index in [1.165, 1.54) is 12.1 Å². The van der Waals surface area contributed by atoms with E-state index in [9.17, 15) is 14.7 Å². The normalized spacial score (nSPS) is 10.2. The molecule has 0 bridgehead atoms. The molecule has 0 aliphatic heterocycles. The molecule has 5 heteroatoms. The van der Waals surface area contributed by atoms with E-state index in [4.69, 9.17) is 23.2 Å². The second-order valence-electron chi connectivity index (χ2n) is 3.78. The van der Waals surface area contributed by atoms with E-state index in [-0.39, 0.29) is 21.2 Å². The first-order valence-corrected chi connectivity index (χ1v) is 6.09. The number of halogens is 2. The molecule has 0 heterocycles. The third kappa shape index (κ3) is 2.62. The van der Waals surface area contributed by atoms with Gasteiger partial charge < -0.3 is 5.11 Å². The van der Waals surface area contributed by atoms with Crippen molar-refractivity contribution >= 4 is 35.0 Å². The Morgan fingerprint density at radius 1 is 0.842 bits per heavy atom. The van der Waals surface area contributed by atoms with Crippen molar-refractivity contribution in [1.29, 1.82) is 0 Å². The van der Waals surface area contributed by atoms with Gasteiger partial charge in [0.2, 0.25) is 0 Å². The van der Waals surface area contributed by atoms with E-state index in [0.717, 1.165) is 0 Å². The van der Waals surface area contributed by atoms with Gasteiger partial charge in [-0.05, 0) is 12.1 Å². The quantitative estimate of drug-likeness (QED) is 0.873. The van der Waals surface area contributed by atoms with Gasteiger partial charge in [0.25, 0.3) is 0 Å². The first-order valence-electron chi connectivity index (χ1n) is 5.33. The highest BCUT2D eigenvalue weighted by atomic mass is 35.5. The van der Waals surface area contributed by atoms with Crippen molar-refractivity contribution in [1.82, 2.24) is 0 Å². The zero-order chi connectivity index (χ0) is 14.0. The second kappa shape index (κ2) is 5.43. The molecule has 3 nitrogen and oxygen atoms in total. The lowest BCUT2D eigenvalue weighted by molar-refractivity contribution is 0.0693. The van der Waals surface area contributed by atoms with E-state index in [2.05, 4.69) is 0 Å². The van der Waals surface area contributed by atoms with E-state index in [1.54, 1.807) is 30.3 Å². The summed E-state index contributed by atoms with van der Waals surface area (Å²) in [5.41, 5.74) is -0.00921. The minimum absolute atomic E-state index is 0.0174. The number of aromatic carboxylic acids is 1. The maximum Gasteiger partial charge on any atom is 0.338 e. The highest BCUT2D eigenvalue weighted by Crippen LogP contribution is 2.29. The Labute approximate surface area is 119 Å². The average molecular weight is 295 g/mol. The molecule has 0 aromatic heterocycles. The minimum atomic E-state index is -1.29. The van der Waals surface area contributed by atoms with Gasteiger partial charge in [-0.15, -0.1) is 0 Å². The first kappa shape index (κ1) is 13.6. The summed E-state index contributed by atoms with van der Waals surface area (Å²) in [6, 6.07) is 11.1. The lowest BCUT2D eigenvalue weighted by Crippen LogP contribution is -2.11. The number of hydrogen-bond donors (Lipinski definition) is 1. The van der Waals surface area contributed by atoms with E-state index in [0.29, 0.717) is 5.56 Å². The van der Waals surface area contributed by atoms with Gasteiger partial charge in [0.15, 0.2) is 5.78 Å². The summed E-state index contributed by atoms with van der Waals surface area (Å²) in [5, 5.41) is 9.22. The van der Waals surface area contributed by atoms with Crippen molar-refractivity contribution in [3.05, 3.63) is 69.2 Å². The SMILES string of the molecule is O=C(O)c1c(Cl)ccc(Cl)c1C(=O)c1ccccc1. The van der Waals surface area contributed by atoms with Crippen LogP contribution in [0.4, 0.5) is 0 Å². The summed E-state index contributed by atoms with van der Waals surface area (Å²) in [5.74, 6) is -1.75. The van der Waals surface area contributed by atoms with Crippen LogP contribution in [0.1, 0.15) is 26.3 Å². The summed E-state index contributed by atoms with van der Waals surface area (Å²) < 4.78 is 0. The third-order valence-electron chi connectivity index (χ3n) is 2.58. The largest absolute Gasteiger partial charge is 0.478 e. The van der Waals surface area contributed by atoms with Crippen LogP contribution in [0.25, 0.3) is 0 Å². The van der Waals surface area contributed by atoms with Gasteiger partial charge in [0.05, 0.1) is 21.2 Å². The first-order chi connectivity index (χ1) is 9.02. The highest BCUT2D eigenvalue weighted by molar-refractivity contribution is 6.39. The Morgan fingerprint density at radius 2 is 1.37 bits per heavy atom. The van der Waals surface area contributed by atoms with Crippen LogP contribution in [-0.2, 0) is 0 Å². The molecule has 0 aliphatic rings. The number of hydrogen-bond acceptors (Lipinski definition) is 2. The standard InChI is InChI=1S/C14H8Cl2O3/c15-9-6-7-10(16)12(14(18)19)11(9)13(17)8-4-2-1-3-5-8/h1-7H,(H,18,19). The Bertz CT molecular complexity index is 651. The number of benzene rings is 2. The molecule has 0 amide bonds. The van der Waals surface area contributed by atoms with Crippen LogP contribution in [0.3, 0.4) is 0 Å². The Kier molecular flexibility index (Phi) is 3.88. The monoisotopic (exact) mass is 294 g/mol. The fraction of sp³-hybridized carbons (Fsp3) is 0. The maximum absolute atomic E-state index is 12.3. The molecule has 2 rings (SSSR count). The van der Waals surface area contributed by atoms with Crippen LogP contribution < -0.4 is 0 Å². The zero-order valence-corrected chi connectivity index (χ0v) is 11.1. The molecule has 2 aromatic rings. The van der Waals surface area contributed by atoms with Gasteiger partial charge in [-0.3, -0.25) is 4.79 Å². The van der Waals surface area contributed by atoms with E-state index < -0.39 is 11.8 Å². The molecule has 19 heavy (non-hydrogen) atoms. The summed E-state index contributed by atoms with van der Waals surface area (Å²) in [7, 11) is 0. The molecule has 96 valence electrons. The van der Waals surface area contributed by atoms with Gasteiger partial charge in [-0.2, -0.15) is 0 Å². The van der Waals surface area contributed by atoms with Gasteiger partial charge in [-0.25, -0.2) is 4.79 Å². The molecule has 2 aromatic carbocycles. The topological polar surface area (TPSA) is 54.4 Å². The van der Waals surface area contributed by atoms with Gasteiger partial charge in [0, 0.05) is 5.56 Å². The summed E-state index contributed by atoms with van der Waals surface area (Å²) >= 11 is 11.8. The lowest BCUT2D eigenvalue weighted by Gasteiger charge is -2.09. The van der Waals surface area contributed by atoms with Gasteiger partial charge in [0.1, 0.15) is 0 Å². The Hall–Kier alpha value is -1.84. The van der Waals surface area contributed by atoms with Crippen LogP contribution in [-0.4, -0.2) is 16.9 Å². The zero-order valence-electron chi connectivity index (χ0n) is 9.56. The number of carboxylic acid groups (broad SMARTS) is 1. The van der Waals surface area contributed by atoms with Crippen molar-refractivity contribution in [2.45, 2.75) is 0 Å². The summed E-state index contributed by atoms with van der Waals surface area (Å²) in [6.07, 6.45) is 0. The second-order valence-corrected chi connectivity index (χ2v) is 4.59. The minimum Gasteiger partial charge on any atom is -0.478 e. The number of carbonyl (C=O) groups is 2. The lowest BCUT2D eigenvalue weighted by atomic mass is 9.98. The number of rotatable bonds is 3. The Balaban J connectivity index is 2.66. The molecule has 0 saturated carbocycles. The van der Waals surface area contributed by atoms with Crippen LogP contribution in [0.5, 0.6) is 0 Å². The molecule has 0 aliphatic carbocycles. The maximum atomic E-state index is 12.3. The average Bonchev–Trinajstić information content (AvgIpc) is 2.41. The summed E-state index contributed by atoms with van der Waals surface area (Å²) in [6.45, 7) is 0. The van der Waals surface area contributed by atoms with Crippen LogP contribution in [0, 0.1) is 0 Å². The van der Waals surface area contributed by atoms with Gasteiger partial charge >= 0.3 is 5.97 Å². The predicted octanol–water partition coefficient (Wildman–Crippen LogP) is 3.92. The smallest absolute Gasteiger partial charge is 0.338 e. The molecule has 1 N–H and O–H groups in total. The molecule has 0 atom stereocenters. The van der Waals surface area contributed by atoms with Crippen molar-refractivity contribution in [3.8, 4) is 0 Å². The highest BCUT2D eigenvalue weighted by Gasteiger charge is 2.23. The fourth-order valence-corrected chi connectivity index (χ4v) is 2.20. The van der Waals surface area contributed by atoms with Crippen molar-refractivity contribution in [3.63, 3.8) is 0 Å². The van der Waals surface area contributed by atoms with Gasteiger partial charge in [-0.1, -0.05) is 53.5 Å². The van der Waals surface area contributed by atoms with Crippen LogP contribution in [0.15, 0.2) is 42.5 Å². The molecular formula is C14H8Cl2O3. The van der Waals surface area contributed by atoms with Crippen LogP contribution in [0.2, 0.25) is 10.0 Å². The number of carbonyl (C=O) groups excluding carboxylic acids is 1. The summed E-state index contributed by atoms with van der Waals surface area (Å²) in [4.78, 5) is 23.6. The molecule has 0 spiro atoms. The van der Waals surface area contributed by atoms with Crippen molar-refractivity contribution < 1.29 is 14.7 Å². The third-order valence-corrected chi connectivity index (χ3v) is 3.21. The van der Waals surface area contributed by atoms with Crippen LogP contribution >= 0.6 is 23.2 Å². The molecule has 0 saturated heterocycles. The molecular weight excluding hydrogens is 287 g/mol.